The first kappa shape index (κ1) is 22.3. The van der Waals surface area contributed by atoms with Gasteiger partial charge in [0.25, 0.3) is 0 Å². The van der Waals surface area contributed by atoms with Gasteiger partial charge in [-0.15, -0.1) is 0 Å². The van der Waals surface area contributed by atoms with Gasteiger partial charge in [-0.05, 0) is 49.7 Å². The van der Waals surface area contributed by atoms with Crippen LogP contribution in [0, 0.1) is 13.8 Å². The first-order valence-corrected chi connectivity index (χ1v) is 12.5. The molecule has 176 valence electrons. The van der Waals surface area contributed by atoms with Gasteiger partial charge in [0.2, 0.25) is 10.0 Å². The van der Waals surface area contributed by atoms with Crippen LogP contribution in [0.2, 0.25) is 0 Å². The van der Waals surface area contributed by atoms with Crippen molar-refractivity contribution in [2.75, 3.05) is 38.2 Å². The number of nitrogens with zero attached hydrogens (tertiary/aromatic N) is 6. The summed E-state index contributed by atoms with van der Waals surface area (Å²) in [6.45, 7) is 5.75. The van der Waals surface area contributed by atoms with Gasteiger partial charge in [0, 0.05) is 49.3 Å². The summed E-state index contributed by atoms with van der Waals surface area (Å²) in [4.78, 5) is 11.2. The summed E-state index contributed by atoms with van der Waals surface area (Å²) in [5.41, 5.74) is 4.01. The van der Waals surface area contributed by atoms with Crippen LogP contribution in [-0.4, -0.2) is 65.6 Å². The number of aromatic nitrogens is 4. The molecule has 0 spiro atoms. The highest BCUT2D eigenvalue weighted by molar-refractivity contribution is 7.89. The third-order valence-corrected chi connectivity index (χ3v) is 8.00. The van der Waals surface area contributed by atoms with E-state index in [9.17, 15) is 8.42 Å². The van der Waals surface area contributed by atoms with E-state index < -0.39 is 10.0 Å². The Labute approximate surface area is 198 Å². The van der Waals surface area contributed by atoms with Crippen molar-refractivity contribution in [3.8, 4) is 16.9 Å². The summed E-state index contributed by atoms with van der Waals surface area (Å²) >= 11 is 0. The summed E-state index contributed by atoms with van der Waals surface area (Å²) in [7, 11) is -2.30. The quantitative estimate of drug-likeness (QED) is 0.435. The fourth-order valence-electron chi connectivity index (χ4n) is 4.36. The number of hydrogen-bond acceptors (Lipinski definition) is 7. The second-order valence-corrected chi connectivity index (χ2v) is 10.2. The molecule has 10 heteroatoms. The van der Waals surface area contributed by atoms with Crippen LogP contribution < -0.4 is 9.64 Å². The smallest absolute Gasteiger partial charge is 0.246 e. The molecule has 0 aliphatic carbocycles. The average Bonchev–Trinajstić information content (AvgIpc) is 3.28. The molecule has 0 atom stereocenters. The fraction of sp³-hybridized carbons (Fsp3) is 0.292. The number of rotatable bonds is 5. The number of pyridine rings is 1. The Hall–Kier alpha value is -3.50. The van der Waals surface area contributed by atoms with Gasteiger partial charge in [-0.3, -0.25) is 0 Å². The zero-order valence-corrected chi connectivity index (χ0v) is 20.2. The van der Waals surface area contributed by atoms with Crippen molar-refractivity contribution in [2.24, 2.45) is 0 Å². The van der Waals surface area contributed by atoms with Gasteiger partial charge < -0.3 is 9.64 Å². The number of piperazine rings is 1. The molecule has 0 radical (unpaired) electrons. The molecule has 4 heterocycles. The lowest BCUT2D eigenvalue weighted by atomic mass is 10.1. The van der Waals surface area contributed by atoms with Crippen molar-refractivity contribution in [3.05, 3.63) is 66.2 Å². The largest absolute Gasteiger partial charge is 0.495 e. The molecule has 1 fully saturated rings. The highest BCUT2D eigenvalue weighted by atomic mass is 32.2. The zero-order chi connectivity index (χ0) is 23.9. The fourth-order valence-corrected chi connectivity index (χ4v) is 5.96. The minimum absolute atomic E-state index is 0.141. The van der Waals surface area contributed by atoms with E-state index in [-0.39, 0.29) is 4.90 Å². The molecule has 0 amide bonds. The van der Waals surface area contributed by atoms with Crippen molar-refractivity contribution in [2.45, 2.75) is 18.7 Å². The second kappa shape index (κ2) is 8.69. The maximum atomic E-state index is 13.7. The molecule has 9 nitrogen and oxygen atoms in total. The number of ether oxygens (including phenoxy) is 1. The molecule has 0 saturated carbocycles. The lowest BCUT2D eigenvalue weighted by Crippen LogP contribution is -2.48. The van der Waals surface area contributed by atoms with Crippen LogP contribution in [0.15, 0.2) is 59.8 Å². The van der Waals surface area contributed by atoms with Crippen LogP contribution >= 0.6 is 0 Å². The maximum Gasteiger partial charge on any atom is 0.246 e. The summed E-state index contributed by atoms with van der Waals surface area (Å²) < 4.78 is 36.1. The van der Waals surface area contributed by atoms with Gasteiger partial charge >= 0.3 is 0 Å². The molecule has 34 heavy (non-hydrogen) atoms. The Morgan fingerprint density at radius 1 is 1.00 bits per heavy atom. The molecular formula is C24H26N6O3S. The van der Waals surface area contributed by atoms with Gasteiger partial charge in [-0.1, -0.05) is 12.1 Å². The first-order valence-electron chi connectivity index (χ1n) is 11.0. The number of sulfonamides is 1. The van der Waals surface area contributed by atoms with E-state index in [1.807, 2.05) is 44.2 Å². The molecular weight excluding hydrogens is 452 g/mol. The first-order chi connectivity index (χ1) is 16.4. The Kier molecular flexibility index (Phi) is 5.70. The second-order valence-electron chi connectivity index (χ2n) is 8.28. The molecule has 3 aromatic heterocycles. The van der Waals surface area contributed by atoms with Crippen LogP contribution in [0.5, 0.6) is 5.75 Å². The lowest BCUT2D eigenvalue weighted by molar-refractivity contribution is 0.373. The summed E-state index contributed by atoms with van der Waals surface area (Å²) in [5, 5.41) is 4.45. The van der Waals surface area contributed by atoms with Gasteiger partial charge in [-0.2, -0.15) is 9.40 Å². The molecule has 0 N–H and O–H groups in total. The molecule has 4 aromatic rings. The summed E-state index contributed by atoms with van der Waals surface area (Å²) in [6, 6.07) is 12.9. The molecule has 0 unspecified atom stereocenters. The molecule has 1 aliphatic heterocycles. The van der Waals surface area contributed by atoms with E-state index in [1.165, 1.54) is 11.4 Å². The summed E-state index contributed by atoms with van der Waals surface area (Å²) in [6.07, 6.45) is 3.46. The Bertz CT molecular complexity index is 1440. The number of hydrogen-bond donors (Lipinski definition) is 0. The van der Waals surface area contributed by atoms with Crippen LogP contribution in [-0.2, 0) is 10.0 Å². The number of aryl methyl sites for hydroxylation is 2. The van der Waals surface area contributed by atoms with Crippen molar-refractivity contribution < 1.29 is 13.2 Å². The van der Waals surface area contributed by atoms with Crippen molar-refractivity contribution in [1.82, 2.24) is 23.9 Å². The Morgan fingerprint density at radius 2 is 1.79 bits per heavy atom. The van der Waals surface area contributed by atoms with Crippen LogP contribution in [0.25, 0.3) is 16.8 Å². The molecule has 0 bridgehead atoms. The highest BCUT2D eigenvalue weighted by Gasteiger charge is 2.31. The zero-order valence-electron chi connectivity index (χ0n) is 19.3. The lowest BCUT2D eigenvalue weighted by Gasteiger charge is -2.34. The van der Waals surface area contributed by atoms with Gasteiger partial charge in [-0.25, -0.2) is 22.9 Å². The molecule has 5 rings (SSSR count). The summed E-state index contributed by atoms with van der Waals surface area (Å²) in [5.74, 6) is 1.16. The maximum absolute atomic E-state index is 13.7. The van der Waals surface area contributed by atoms with Crippen molar-refractivity contribution in [1.29, 1.82) is 0 Å². The molecule has 1 saturated heterocycles. The van der Waals surface area contributed by atoms with Crippen LogP contribution in [0.3, 0.4) is 0 Å². The van der Waals surface area contributed by atoms with E-state index in [0.29, 0.717) is 37.6 Å². The topological polar surface area (TPSA) is 92.9 Å². The van der Waals surface area contributed by atoms with Crippen LogP contribution in [0.4, 0.5) is 5.82 Å². The molecule has 1 aliphatic rings. The normalized spacial score (nSPS) is 15.1. The highest BCUT2D eigenvalue weighted by Crippen LogP contribution is 2.34. The minimum atomic E-state index is -3.78. The average molecular weight is 479 g/mol. The SMILES string of the molecule is COc1ccc(-c2cnn3c(C)cc(C)nc23)cc1S(=O)(=O)N1CCN(c2ccccn2)CC1. The molecule has 1 aromatic carbocycles. The van der Waals surface area contributed by atoms with E-state index >= 15 is 0 Å². The van der Waals surface area contributed by atoms with Crippen molar-refractivity contribution in [3.63, 3.8) is 0 Å². The van der Waals surface area contributed by atoms with E-state index in [0.717, 1.165) is 28.3 Å². The Morgan fingerprint density at radius 3 is 2.50 bits per heavy atom. The monoisotopic (exact) mass is 478 g/mol. The number of anilines is 1. The van der Waals surface area contributed by atoms with Crippen molar-refractivity contribution >= 4 is 21.5 Å². The van der Waals surface area contributed by atoms with Crippen LogP contribution in [0.1, 0.15) is 11.4 Å². The predicted molar refractivity (Wildman–Crippen MR) is 130 cm³/mol. The predicted octanol–water partition coefficient (Wildman–Crippen LogP) is 2.93. The third kappa shape index (κ3) is 3.88. The number of methoxy groups -OCH3 is 1. The van der Waals surface area contributed by atoms with Gasteiger partial charge in [0.1, 0.15) is 16.5 Å². The Balaban J connectivity index is 1.48. The van der Waals surface area contributed by atoms with Gasteiger partial charge in [0.15, 0.2) is 5.65 Å². The third-order valence-electron chi connectivity index (χ3n) is 6.08. The van der Waals surface area contributed by atoms with E-state index in [2.05, 4.69) is 20.0 Å². The number of fused-ring (bicyclic) bond motifs is 1. The minimum Gasteiger partial charge on any atom is -0.495 e. The standard InChI is InChI=1S/C24H26N6O3S/c1-17-14-18(2)30-24(27-17)20(16-26-30)19-7-8-21(33-3)22(15-19)34(31,32)29-12-10-28(11-13-29)23-6-4-5-9-25-23/h4-9,14-16H,10-13H2,1-3H3. The number of benzene rings is 1. The van der Waals surface area contributed by atoms with Gasteiger partial charge in [0.05, 0.1) is 13.3 Å². The van der Waals surface area contributed by atoms with E-state index in [4.69, 9.17) is 4.74 Å². The van der Waals surface area contributed by atoms with E-state index in [1.54, 1.807) is 29.0 Å².